The Morgan fingerprint density at radius 2 is 1.76 bits per heavy atom. The molecular formula is C39H52ClN3O7S. The number of rotatable bonds is 2. The first kappa shape index (κ1) is 35.6. The minimum Gasteiger partial charge on any atom is -0.490 e. The van der Waals surface area contributed by atoms with Gasteiger partial charge in [0.05, 0.1) is 42.9 Å². The summed E-state index contributed by atoms with van der Waals surface area (Å²) in [6.07, 6.45) is 7.04. The molecule has 0 unspecified atom stereocenters. The van der Waals surface area contributed by atoms with Gasteiger partial charge in [-0.2, -0.15) is 0 Å². The number of sulfonamides is 1. The Balaban J connectivity index is 1.13. The monoisotopic (exact) mass is 741 g/mol. The third-order valence-electron chi connectivity index (χ3n) is 13.2. The molecular weight excluding hydrogens is 690 g/mol. The van der Waals surface area contributed by atoms with Crippen LogP contribution < -0.4 is 14.4 Å². The first-order valence-corrected chi connectivity index (χ1v) is 20.9. The van der Waals surface area contributed by atoms with E-state index < -0.39 is 21.2 Å². The largest absolute Gasteiger partial charge is 0.490 e. The molecule has 2 aliphatic carbocycles. The third-order valence-corrected chi connectivity index (χ3v) is 15.3. The van der Waals surface area contributed by atoms with Crippen LogP contribution in [0.15, 0.2) is 36.4 Å². The normalized spacial score (nSPS) is 36.0. The average molecular weight is 742 g/mol. The number of carbonyl (C=O) groups excluding carboxylic acids is 1. The Morgan fingerprint density at radius 1 is 0.961 bits per heavy atom. The van der Waals surface area contributed by atoms with E-state index in [4.69, 9.17) is 25.8 Å². The number of amides is 1. The number of benzene rings is 2. The highest BCUT2D eigenvalue weighted by Crippen LogP contribution is 2.49. The van der Waals surface area contributed by atoms with Gasteiger partial charge in [-0.05, 0) is 111 Å². The summed E-state index contributed by atoms with van der Waals surface area (Å²) < 4.78 is 49.1. The van der Waals surface area contributed by atoms with E-state index in [2.05, 4.69) is 26.7 Å². The molecule has 8 rings (SSSR count). The second-order valence-electron chi connectivity index (χ2n) is 16.3. The van der Waals surface area contributed by atoms with E-state index in [1.165, 1.54) is 11.1 Å². The first-order valence-electron chi connectivity index (χ1n) is 19.0. The number of nitrogens with one attached hydrogen (secondary N) is 1. The molecule has 2 saturated heterocycles. The molecule has 6 aliphatic rings. The van der Waals surface area contributed by atoms with Gasteiger partial charge in [-0.3, -0.25) is 9.69 Å². The first-order chi connectivity index (χ1) is 24.5. The van der Waals surface area contributed by atoms with Crippen LogP contribution in [0.5, 0.6) is 5.75 Å². The summed E-state index contributed by atoms with van der Waals surface area (Å²) in [5, 5.41) is 9.86. The van der Waals surface area contributed by atoms with Gasteiger partial charge in [0.15, 0.2) is 6.29 Å². The lowest BCUT2D eigenvalue weighted by Gasteiger charge is -2.50. The molecule has 2 bridgehead atoms. The summed E-state index contributed by atoms with van der Waals surface area (Å²) in [6.45, 7) is 8.18. The number of β-amino-alcohol motifs (C(OH)–C–C–N with tert-alkyl or cyclic N) is 1. The fraction of sp³-hybridized carbons (Fsp3) is 0.667. The quantitative estimate of drug-likeness (QED) is 0.432. The summed E-state index contributed by atoms with van der Waals surface area (Å²) in [7, 11) is -3.92. The number of fused-ring (bicyclic) bond motifs is 4. The molecule has 12 heteroatoms. The number of halogens is 1. The Bertz CT molecular complexity index is 1730. The second-order valence-corrected chi connectivity index (χ2v) is 18.8. The van der Waals surface area contributed by atoms with Gasteiger partial charge in [0.25, 0.3) is 5.91 Å². The van der Waals surface area contributed by atoms with E-state index in [9.17, 15) is 18.3 Å². The number of nitrogens with zero attached hydrogens (tertiary/aromatic N) is 2. The van der Waals surface area contributed by atoms with E-state index in [0.29, 0.717) is 56.1 Å². The molecule has 278 valence electrons. The number of hydrogen-bond donors (Lipinski definition) is 2. The lowest BCUT2D eigenvalue weighted by Crippen LogP contribution is -2.60. The molecule has 10 nitrogen and oxygen atoms in total. The smallest absolute Gasteiger partial charge is 0.264 e. The molecule has 0 aromatic heterocycles. The molecule has 2 aromatic carbocycles. The van der Waals surface area contributed by atoms with Gasteiger partial charge in [-0.25, -0.2) is 13.1 Å². The highest BCUT2D eigenvalue weighted by molar-refractivity contribution is 7.90. The van der Waals surface area contributed by atoms with Crippen molar-refractivity contribution in [3.63, 3.8) is 0 Å². The number of likely N-dealkylation sites (tertiary alicyclic amines) is 1. The fourth-order valence-electron chi connectivity index (χ4n) is 9.72. The average Bonchev–Trinajstić information content (AvgIpc) is 3.24. The number of aliphatic hydroxyl groups excluding tert-OH is 1. The van der Waals surface area contributed by atoms with Crippen LogP contribution in [-0.2, 0) is 31.3 Å². The van der Waals surface area contributed by atoms with Crippen molar-refractivity contribution in [1.82, 2.24) is 9.62 Å². The minimum absolute atomic E-state index is 0.142. The van der Waals surface area contributed by atoms with Crippen molar-refractivity contribution in [1.29, 1.82) is 0 Å². The molecule has 2 N–H and O–H groups in total. The summed E-state index contributed by atoms with van der Waals surface area (Å²) in [5.74, 6) is 0.914. The Morgan fingerprint density at radius 3 is 2.51 bits per heavy atom. The summed E-state index contributed by atoms with van der Waals surface area (Å²) >= 11 is 6.48. The van der Waals surface area contributed by atoms with Crippen molar-refractivity contribution in [2.24, 2.45) is 23.7 Å². The van der Waals surface area contributed by atoms with Gasteiger partial charge in [0, 0.05) is 48.1 Å². The molecule has 0 radical (unpaired) electrons. The third kappa shape index (κ3) is 6.92. The van der Waals surface area contributed by atoms with E-state index in [1.54, 1.807) is 13.0 Å². The molecule has 4 heterocycles. The topological polar surface area (TPSA) is 118 Å². The van der Waals surface area contributed by atoms with E-state index in [1.807, 2.05) is 25.1 Å². The Hall–Kier alpha value is -2.41. The van der Waals surface area contributed by atoms with E-state index >= 15 is 0 Å². The van der Waals surface area contributed by atoms with Crippen molar-refractivity contribution in [3.8, 4) is 5.75 Å². The highest BCUT2D eigenvalue weighted by Gasteiger charge is 2.47. The predicted octanol–water partition coefficient (Wildman–Crippen LogP) is 5.14. The summed E-state index contributed by atoms with van der Waals surface area (Å²) in [5.41, 5.74) is 3.43. The molecule has 6 atom stereocenters. The molecule has 1 spiro atoms. The van der Waals surface area contributed by atoms with E-state index in [-0.39, 0.29) is 35.7 Å². The number of ether oxygens (including phenoxy) is 3. The maximum Gasteiger partial charge on any atom is 0.264 e. The van der Waals surface area contributed by atoms with Crippen molar-refractivity contribution >= 4 is 33.2 Å². The lowest BCUT2D eigenvalue weighted by molar-refractivity contribution is -0.250. The van der Waals surface area contributed by atoms with Gasteiger partial charge < -0.3 is 24.2 Å². The lowest BCUT2D eigenvalue weighted by atomic mass is 9.64. The zero-order valence-electron chi connectivity index (χ0n) is 29.8. The number of carbonyl (C=O) groups is 1. The van der Waals surface area contributed by atoms with Crippen LogP contribution in [0, 0.1) is 23.7 Å². The molecule has 3 fully saturated rings. The molecule has 1 saturated carbocycles. The van der Waals surface area contributed by atoms with Crippen LogP contribution in [0.25, 0.3) is 0 Å². The van der Waals surface area contributed by atoms with Crippen molar-refractivity contribution < 1.29 is 32.5 Å². The zero-order chi connectivity index (χ0) is 35.5. The van der Waals surface area contributed by atoms with Crippen molar-refractivity contribution in [3.05, 3.63) is 58.1 Å². The van der Waals surface area contributed by atoms with Crippen LogP contribution >= 0.6 is 11.6 Å². The Labute approximate surface area is 307 Å². The minimum atomic E-state index is -3.92. The van der Waals surface area contributed by atoms with Crippen LogP contribution in [0.4, 0.5) is 5.69 Å². The van der Waals surface area contributed by atoms with Gasteiger partial charge >= 0.3 is 0 Å². The van der Waals surface area contributed by atoms with E-state index in [0.717, 1.165) is 75.2 Å². The van der Waals surface area contributed by atoms with Gasteiger partial charge in [0.2, 0.25) is 10.0 Å². The standard InChI is InChI=1S/C39H52ClN3O7S/c1-24-5-3-7-33(38-48-20-30(21-49-38)42-18-31(44)19-42)32-11-8-28(32)17-43-22-39(14-4-6-26-15-29(40)10-12-34(26)39)23-50-36-13-9-27(16-35(36)43)37(45)41-51(46,47)25(24)2/h9-10,12-13,15-16,24-25,28,30-33,38,44H,3-8,11,14,17-23H2,1-2H3,(H,41,45)/t24-,25+,28-,30?,32+,33-,38?,39-/m0/s1. The van der Waals surface area contributed by atoms with Crippen LogP contribution in [-0.4, -0.2) is 94.0 Å². The van der Waals surface area contributed by atoms with Crippen molar-refractivity contribution in [2.75, 3.05) is 50.9 Å². The summed E-state index contributed by atoms with van der Waals surface area (Å²) in [4.78, 5) is 18.2. The zero-order valence-corrected chi connectivity index (χ0v) is 31.3. The fourth-order valence-corrected chi connectivity index (χ4v) is 11.2. The van der Waals surface area contributed by atoms with Gasteiger partial charge in [-0.1, -0.05) is 31.0 Å². The molecule has 1 amide bonds. The van der Waals surface area contributed by atoms with Crippen LogP contribution in [0.1, 0.15) is 80.3 Å². The number of hydrogen-bond acceptors (Lipinski definition) is 9. The summed E-state index contributed by atoms with van der Waals surface area (Å²) in [6, 6.07) is 11.8. The molecule has 2 aromatic rings. The maximum absolute atomic E-state index is 13.6. The highest BCUT2D eigenvalue weighted by atomic mass is 35.5. The SMILES string of the molecule is C[C@@H]1[C@@H](C)CCC[C@H](C2OCC(N3CC(O)C3)CO2)[C@@H]2CC[C@H]2CN2C[C@@]3(CCCc4cc(Cl)ccc43)COc3ccc(cc32)C(=O)NS1(=O)=O. The van der Waals surface area contributed by atoms with Crippen molar-refractivity contribution in [2.45, 2.75) is 94.3 Å². The maximum atomic E-state index is 13.6. The number of aryl methyl sites for hydroxylation is 1. The Kier molecular flexibility index (Phi) is 9.85. The van der Waals surface area contributed by atoms with Gasteiger partial charge in [-0.15, -0.1) is 0 Å². The number of anilines is 1. The van der Waals surface area contributed by atoms with Crippen LogP contribution in [0.3, 0.4) is 0 Å². The van der Waals surface area contributed by atoms with Crippen LogP contribution in [0.2, 0.25) is 5.02 Å². The molecule has 4 aliphatic heterocycles. The molecule has 51 heavy (non-hydrogen) atoms. The predicted molar refractivity (Wildman–Crippen MR) is 196 cm³/mol. The van der Waals surface area contributed by atoms with Gasteiger partial charge in [0.1, 0.15) is 5.75 Å². The second kappa shape index (κ2) is 14.1. The number of aliphatic hydroxyl groups is 1.